The summed E-state index contributed by atoms with van der Waals surface area (Å²) >= 11 is 0. The molecule has 0 aromatic heterocycles. The summed E-state index contributed by atoms with van der Waals surface area (Å²) in [4.78, 5) is 28.7. The Labute approximate surface area is 154 Å². The molecule has 0 bridgehead atoms. The van der Waals surface area contributed by atoms with E-state index in [1.54, 1.807) is 17.0 Å². The Hall–Kier alpha value is -2.66. The largest absolute Gasteiger partial charge is 0.492 e. The van der Waals surface area contributed by atoms with Gasteiger partial charge in [0.15, 0.2) is 0 Å². The molecule has 2 aromatic carbocycles. The summed E-state index contributed by atoms with van der Waals surface area (Å²) in [5.41, 5.74) is 1.53. The first-order chi connectivity index (χ1) is 12.6. The van der Waals surface area contributed by atoms with E-state index in [1.807, 2.05) is 49.4 Å². The standard InChI is InChI=1S/C21H24N2O3/c1-17-7-9-18(10-8-17)20(24)21(25)23-13-11-22(12-14-23)15-16-26-19-5-3-2-4-6-19/h2-10H,11-16H2,1H3. The van der Waals surface area contributed by atoms with Crippen molar-refractivity contribution in [1.82, 2.24) is 9.80 Å². The average molecular weight is 352 g/mol. The molecular weight excluding hydrogens is 328 g/mol. The van der Waals surface area contributed by atoms with E-state index in [2.05, 4.69) is 4.90 Å². The van der Waals surface area contributed by atoms with E-state index >= 15 is 0 Å². The molecule has 5 heteroatoms. The van der Waals surface area contributed by atoms with Crippen molar-refractivity contribution in [2.24, 2.45) is 0 Å². The van der Waals surface area contributed by atoms with E-state index in [4.69, 9.17) is 4.74 Å². The molecule has 26 heavy (non-hydrogen) atoms. The number of ether oxygens (including phenoxy) is 1. The molecule has 1 amide bonds. The maximum Gasteiger partial charge on any atom is 0.295 e. The Kier molecular flexibility index (Phi) is 6.02. The van der Waals surface area contributed by atoms with Gasteiger partial charge in [-0.3, -0.25) is 14.5 Å². The zero-order chi connectivity index (χ0) is 18.4. The van der Waals surface area contributed by atoms with Gasteiger partial charge in [0.25, 0.3) is 5.91 Å². The fraction of sp³-hybridized carbons (Fsp3) is 0.333. The third-order valence-corrected chi connectivity index (χ3v) is 4.59. The summed E-state index contributed by atoms with van der Waals surface area (Å²) in [7, 11) is 0. The summed E-state index contributed by atoms with van der Waals surface area (Å²) in [5, 5.41) is 0. The molecule has 0 unspecified atom stereocenters. The number of hydrogen-bond donors (Lipinski definition) is 0. The number of aryl methyl sites for hydroxylation is 1. The maximum absolute atomic E-state index is 12.4. The first kappa shape index (κ1) is 18.1. The van der Waals surface area contributed by atoms with Crippen molar-refractivity contribution in [3.05, 3.63) is 65.7 Å². The van der Waals surface area contributed by atoms with Crippen molar-refractivity contribution in [2.75, 3.05) is 39.3 Å². The van der Waals surface area contributed by atoms with Crippen LogP contribution in [0.1, 0.15) is 15.9 Å². The molecule has 1 heterocycles. The lowest BCUT2D eigenvalue weighted by molar-refractivity contribution is -0.128. The number of carbonyl (C=O) groups excluding carboxylic acids is 2. The zero-order valence-corrected chi connectivity index (χ0v) is 15.1. The summed E-state index contributed by atoms with van der Waals surface area (Å²) in [6.07, 6.45) is 0. The van der Waals surface area contributed by atoms with Gasteiger partial charge in [-0.1, -0.05) is 48.0 Å². The molecule has 0 spiro atoms. The Bertz CT molecular complexity index is 736. The number of ketones is 1. The highest BCUT2D eigenvalue weighted by Gasteiger charge is 2.26. The number of Topliss-reactive ketones (excluding diaryl/α,β-unsaturated/α-hetero) is 1. The van der Waals surface area contributed by atoms with Gasteiger partial charge in [-0.25, -0.2) is 0 Å². The first-order valence-electron chi connectivity index (χ1n) is 8.94. The first-order valence-corrected chi connectivity index (χ1v) is 8.94. The number of hydrogen-bond acceptors (Lipinski definition) is 4. The van der Waals surface area contributed by atoms with Gasteiger partial charge in [0.1, 0.15) is 12.4 Å². The van der Waals surface area contributed by atoms with Crippen LogP contribution in [0.2, 0.25) is 0 Å². The smallest absolute Gasteiger partial charge is 0.295 e. The summed E-state index contributed by atoms with van der Waals surface area (Å²) in [6, 6.07) is 16.9. The van der Waals surface area contributed by atoms with Crippen LogP contribution in [0.3, 0.4) is 0 Å². The fourth-order valence-electron chi connectivity index (χ4n) is 2.96. The number of nitrogens with zero attached hydrogens (tertiary/aromatic N) is 2. The minimum absolute atomic E-state index is 0.408. The van der Waals surface area contributed by atoms with E-state index < -0.39 is 11.7 Å². The second kappa shape index (κ2) is 8.63. The molecule has 1 fully saturated rings. The van der Waals surface area contributed by atoms with Crippen molar-refractivity contribution in [2.45, 2.75) is 6.92 Å². The molecule has 3 rings (SSSR count). The number of amides is 1. The second-order valence-electron chi connectivity index (χ2n) is 6.49. The fourth-order valence-corrected chi connectivity index (χ4v) is 2.96. The number of carbonyl (C=O) groups is 2. The van der Waals surface area contributed by atoms with Crippen LogP contribution < -0.4 is 4.74 Å². The van der Waals surface area contributed by atoms with Gasteiger partial charge in [-0.05, 0) is 19.1 Å². The van der Waals surface area contributed by atoms with Gasteiger partial charge in [-0.2, -0.15) is 0 Å². The molecule has 0 aliphatic carbocycles. The molecule has 5 nitrogen and oxygen atoms in total. The molecular formula is C21H24N2O3. The molecule has 1 saturated heterocycles. The second-order valence-corrected chi connectivity index (χ2v) is 6.49. The summed E-state index contributed by atoms with van der Waals surface area (Å²) < 4.78 is 5.71. The predicted molar refractivity (Wildman–Crippen MR) is 100 cm³/mol. The van der Waals surface area contributed by atoms with Gasteiger partial charge in [0.05, 0.1) is 0 Å². The highest BCUT2D eigenvalue weighted by atomic mass is 16.5. The van der Waals surface area contributed by atoms with E-state index in [1.165, 1.54) is 0 Å². The number of para-hydroxylation sites is 1. The van der Waals surface area contributed by atoms with Gasteiger partial charge in [0, 0.05) is 38.3 Å². The Balaban J connectivity index is 1.43. The lowest BCUT2D eigenvalue weighted by Gasteiger charge is -2.34. The number of rotatable bonds is 6. The Morgan fingerprint density at radius 1 is 0.923 bits per heavy atom. The van der Waals surface area contributed by atoms with Gasteiger partial charge in [0.2, 0.25) is 5.78 Å². The predicted octanol–water partition coefficient (Wildman–Crippen LogP) is 2.40. The number of piperazine rings is 1. The monoisotopic (exact) mass is 352 g/mol. The maximum atomic E-state index is 12.4. The van der Waals surface area contributed by atoms with Gasteiger partial charge < -0.3 is 9.64 Å². The molecule has 0 saturated carbocycles. The van der Waals surface area contributed by atoms with Crippen LogP contribution in [-0.2, 0) is 4.79 Å². The molecule has 1 aliphatic heterocycles. The number of benzene rings is 2. The molecule has 0 N–H and O–H groups in total. The molecule has 0 atom stereocenters. The van der Waals surface area contributed by atoms with E-state index in [-0.39, 0.29) is 0 Å². The van der Waals surface area contributed by atoms with Crippen molar-refractivity contribution in [3.8, 4) is 5.75 Å². The SMILES string of the molecule is Cc1ccc(C(=O)C(=O)N2CCN(CCOc3ccccc3)CC2)cc1. The minimum Gasteiger partial charge on any atom is -0.492 e. The van der Waals surface area contributed by atoms with Crippen LogP contribution >= 0.6 is 0 Å². The molecule has 0 radical (unpaired) electrons. The van der Waals surface area contributed by atoms with Crippen LogP contribution in [0.4, 0.5) is 0 Å². The Morgan fingerprint density at radius 2 is 1.58 bits per heavy atom. The third-order valence-electron chi connectivity index (χ3n) is 4.59. The summed E-state index contributed by atoms with van der Waals surface area (Å²) in [5.74, 6) is 0.0323. The summed E-state index contributed by atoms with van der Waals surface area (Å²) in [6.45, 7) is 6.03. The van der Waals surface area contributed by atoms with Crippen molar-refractivity contribution in [3.63, 3.8) is 0 Å². The van der Waals surface area contributed by atoms with E-state index in [0.29, 0.717) is 25.3 Å². The lowest BCUT2D eigenvalue weighted by Crippen LogP contribution is -2.51. The zero-order valence-electron chi connectivity index (χ0n) is 15.1. The minimum atomic E-state index is -0.425. The van der Waals surface area contributed by atoms with Crippen LogP contribution in [0.25, 0.3) is 0 Å². The molecule has 136 valence electrons. The third kappa shape index (κ3) is 4.70. The van der Waals surface area contributed by atoms with Crippen molar-refractivity contribution >= 4 is 11.7 Å². The van der Waals surface area contributed by atoms with Crippen molar-refractivity contribution < 1.29 is 14.3 Å². The van der Waals surface area contributed by atoms with Crippen molar-refractivity contribution in [1.29, 1.82) is 0 Å². The molecule has 1 aliphatic rings. The topological polar surface area (TPSA) is 49.9 Å². The van der Waals surface area contributed by atoms with Gasteiger partial charge in [-0.15, -0.1) is 0 Å². The van der Waals surface area contributed by atoms with E-state index in [0.717, 1.165) is 30.9 Å². The lowest BCUT2D eigenvalue weighted by atomic mass is 10.1. The molecule has 2 aromatic rings. The average Bonchev–Trinajstić information content (AvgIpc) is 2.69. The highest BCUT2D eigenvalue weighted by Crippen LogP contribution is 2.10. The van der Waals surface area contributed by atoms with Crippen LogP contribution in [-0.4, -0.2) is 60.8 Å². The van der Waals surface area contributed by atoms with Crippen LogP contribution in [0, 0.1) is 6.92 Å². The van der Waals surface area contributed by atoms with Crippen LogP contribution in [0.5, 0.6) is 5.75 Å². The quantitative estimate of drug-likeness (QED) is 0.592. The Morgan fingerprint density at radius 3 is 2.23 bits per heavy atom. The van der Waals surface area contributed by atoms with E-state index in [9.17, 15) is 9.59 Å². The highest BCUT2D eigenvalue weighted by molar-refractivity contribution is 6.42. The van der Waals surface area contributed by atoms with Crippen LogP contribution in [0.15, 0.2) is 54.6 Å². The normalized spacial score (nSPS) is 14.9. The van der Waals surface area contributed by atoms with Gasteiger partial charge >= 0.3 is 0 Å².